The highest BCUT2D eigenvalue weighted by Gasteiger charge is 2.17. The van der Waals surface area contributed by atoms with Crippen LogP contribution in [0.1, 0.15) is 12.0 Å². The molecule has 9 heteroatoms. The van der Waals surface area contributed by atoms with Crippen LogP contribution < -0.4 is 4.72 Å². The number of aromatic nitrogens is 3. The van der Waals surface area contributed by atoms with E-state index in [-0.39, 0.29) is 17.9 Å². The lowest BCUT2D eigenvalue weighted by Gasteiger charge is -2.08. The molecule has 0 unspecified atom stereocenters. The van der Waals surface area contributed by atoms with Crippen molar-refractivity contribution in [2.24, 2.45) is 0 Å². The number of carboxylic acid groups (broad SMARTS) is 1. The number of hydrogen-bond acceptors (Lipinski definition) is 5. The minimum absolute atomic E-state index is 0.0240. The smallest absolute Gasteiger partial charge is 0.305 e. The van der Waals surface area contributed by atoms with E-state index in [2.05, 4.69) is 14.8 Å². The summed E-state index contributed by atoms with van der Waals surface area (Å²) in [5.74, 6) is -0.972. The van der Waals surface area contributed by atoms with Crippen molar-refractivity contribution >= 4 is 21.7 Å². The number of sulfonamides is 1. The Morgan fingerprint density at radius 1 is 1.43 bits per heavy atom. The molecule has 0 amide bonds. The first-order valence-electron chi connectivity index (χ1n) is 6.06. The predicted molar refractivity (Wildman–Crippen MR) is 74.3 cm³/mol. The van der Waals surface area contributed by atoms with Crippen molar-refractivity contribution in [3.05, 3.63) is 36.4 Å². The summed E-state index contributed by atoms with van der Waals surface area (Å²) in [6.07, 6.45) is 5.38. The van der Waals surface area contributed by atoms with Gasteiger partial charge in [-0.05, 0) is 18.6 Å². The van der Waals surface area contributed by atoms with Gasteiger partial charge in [-0.2, -0.15) is 5.10 Å². The summed E-state index contributed by atoms with van der Waals surface area (Å²) in [7, 11) is -3.76. The number of nitrogens with zero attached hydrogens (tertiary/aromatic N) is 3. The van der Waals surface area contributed by atoms with Gasteiger partial charge in [-0.1, -0.05) is 0 Å². The summed E-state index contributed by atoms with van der Waals surface area (Å²) in [4.78, 5) is 14.3. The summed E-state index contributed by atoms with van der Waals surface area (Å²) in [6, 6.07) is 1.56. The first-order valence-corrected chi connectivity index (χ1v) is 7.54. The predicted octanol–water partition coefficient (Wildman–Crippen LogP) is 0.862. The molecule has 0 aromatic carbocycles. The number of carbonyl (C=O) groups is 1. The van der Waals surface area contributed by atoms with Crippen LogP contribution in [0.3, 0.4) is 0 Å². The third-order valence-electron chi connectivity index (χ3n) is 2.74. The summed E-state index contributed by atoms with van der Waals surface area (Å²) in [6.45, 7) is 1.85. The number of hydrogen-bond donors (Lipinski definition) is 2. The van der Waals surface area contributed by atoms with Gasteiger partial charge in [-0.15, -0.1) is 0 Å². The Kier molecular flexibility index (Phi) is 4.22. The quantitative estimate of drug-likeness (QED) is 0.818. The van der Waals surface area contributed by atoms with E-state index >= 15 is 0 Å². The van der Waals surface area contributed by atoms with Crippen molar-refractivity contribution in [2.75, 3.05) is 4.72 Å². The summed E-state index contributed by atoms with van der Waals surface area (Å²) in [5, 5.41) is 12.4. The lowest BCUT2D eigenvalue weighted by molar-refractivity contribution is -0.137. The molecule has 0 aliphatic heterocycles. The fraction of sp³-hybridized carbons (Fsp3) is 0.250. The van der Waals surface area contributed by atoms with E-state index in [0.717, 1.165) is 0 Å². The van der Waals surface area contributed by atoms with Gasteiger partial charge in [0.1, 0.15) is 4.90 Å². The monoisotopic (exact) mass is 310 g/mol. The number of carboxylic acids is 1. The number of aliphatic carboxylic acids is 1. The Hall–Kier alpha value is -2.42. The summed E-state index contributed by atoms with van der Waals surface area (Å²) < 4.78 is 28.1. The highest BCUT2D eigenvalue weighted by molar-refractivity contribution is 7.92. The van der Waals surface area contributed by atoms with E-state index in [1.54, 1.807) is 19.2 Å². The molecular formula is C12H14N4O4S. The molecule has 2 aromatic rings. The molecule has 21 heavy (non-hydrogen) atoms. The average molecular weight is 310 g/mol. The molecule has 0 aliphatic carbocycles. The van der Waals surface area contributed by atoms with Crippen molar-refractivity contribution in [1.29, 1.82) is 0 Å². The van der Waals surface area contributed by atoms with Gasteiger partial charge in [-0.25, -0.2) is 8.42 Å². The minimum atomic E-state index is -3.76. The van der Waals surface area contributed by atoms with E-state index in [4.69, 9.17) is 5.11 Å². The second kappa shape index (κ2) is 5.92. The third kappa shape index (κ3) is 3.78. The molecule has 0 spiro atoms. The van der Waals surface area contributed by atoms with Gasteiger partial charge < -0.3 is 5.11 Å². The number of nitrogens with one attached hydrogen (secondary N) is 1. The normalized spacial score (nSPS) is 11.3. The fourth-order valence-electron chi connectivity index (χ4n) is 1.61. The van der Waals surface area contributed by atoms with Gasteiger partial charge in [0.2, 0.25) is 0 Å². The van der Waals surface area contributed by atoms with Crippen LogP contribution in [-0.4, -0.2) is 34.3 Å². The van der Waals surface area contributed by atoms with Gasteiger partial charge >= 0.3 is 5.97 Å². The second-order valence-corrected chi connectivity index (χ2v) is 6.06. The molecule has 0 saturated heterocycles. The zero-order valence-electron chi connectivity index (χ0n) is 11.2. The van der Waals surface area contributed by atoms with Crippen molar-refractivity contribution in [2.45, 2.75) is 24.8 Å². The van der Waals surface area contributed by atoms with Crippen LogP contribution in [-0.2, 0) is 21.4 Å². The molecule has 8 nitrogen and oxygen atoms in total. The van der Waals surface area contributed by atoms with Crippen LogP contribution in [0.25, 0.3) is 0 Å². The molecule has 0 saturated carbocycles. The maximum absolute atomic E-state index is 12.2. The number of pyridine rings is 1. The van der Waals surface area contributed by atoms with Gasteiger partial charge in [-0.3, -0.25) is 19.2 Å². The fourth-order valence-corrected chi connectivity index (χ4v) is 2.69. The Balaban J connectivity index is 2.17. The Labute approximate surface area is 121 Å². The van der Waals surface area contributed by atoms with Gasteiger partial charge in [0.25, 0.3) is 10.0 Å². The van der Waals surface area contributed by atoms with Gasteiger partial charge in [0, 0.05) is 18.6 Å². The Morgan fingerprint density at radius 2 is 2.19 bits per heavy atom. The van der Waals surface area contributed by atoms with Crippen molar-refractivity contribution < 1.29 is 18.3 Å². The molecule has 0 fully saturated rings. The summed E-state index contributed by atoms with van der Waals surface area (Å²) in [5.41, 5.74) is 1.13. The molecular weight excluding hydrogens is 296 g/mol. The average Bonchev–Trinajstić information content (AvgIpc) is 2.88. The molecule has 0 aliphatic rings. The first-order chi connectivity index (χ1) is 9.88. The van der Waals surface area contributed by atoms with Crippen LogP contribution in [0, 0.1) is 6.92 Å². The topological polar surface area (TPSA) is 114 Å². The summed E-state index contributed by atoms with van der Waals surface area (Å²) >= 11 is 0. The van der Waals surface area contributed by atoms with E-state index in [1.807, 2.05) is 0 Å². The third-order valence-corrected chi connectivity index (χ3v) is 4.06. The zero-order chi connectivity index (χ0) is 15.5. The number of aryl methyl sites for hydroxylation is 2. The zero-order valence-corrected chi connectivity index (χ0v) is 12.0. The van der Waals surface area contributed by atoms with Crippen molar-refractivity contribution in [1.82, 2.24) is 14.8 Å². The van der Waals surface area contributed by atoms with Crippen LogP contribution in [0.5, 0.6) is 0 Å². The maximum Gasteiger partial charge on any atom is 0.305 e. The Bertz CT molecular complexity index is 754. The maximum atomic E-state index is 12.2. The molecule has 2 N–H and O–H groups in total. The molecule has 2 aromatic heterocycles. The van der Waals surface area contributed by atoms with Crippen LogP contribution >= 0.6 is 0 Å². The van der Waals surface area contributed by atoms with Crippen LogP contribution in [0.15, 0.2) is 35.7 Å². The van der Waals surface area contributed by atoms with Gasteiger partial charge in [0.05, 0.1) is 24.8 Å². The van der Waals surface area contributed by atoms with E-state index < -0.39 is 16.0 Å². The van der Waals surface area contributed by atoms with Crippen molar-refractivity contribution in [3.8, 4) is 0 Å². The van der Waals surface area contributed by atoms with Crippen LogP contribution in [0.4, 0.5) is 5.69 Å². The minimum Gasteiger partial charge on any atom is -0.481 e. The molecule has 112 valence electrons. The highest BCUT2D eigenvalue weighted by Crippen LogP contribution is 2.18. The molecule has 2 rings (SSSR count). The van der Waals surface area contributed by atoms with E-state index in [0.29, 0.717) is 11.3 Å². The molecule has 2 heterocycles. The second-order valence-electron chi connectivity index (χ2n) is 4.38. The highest BCUT2D eigenvalue weighted by atomic mass is 32.2. The first kappa shape index (κ1) is 15.0. The largest absolute Gasteiger partial charge is 0.481 e. The van der Waals surface area contributed by atoms with Crippen LogP contribution in [0.2, 0.25) is 0 Å². The number of anilines is 1. The standard InChI is InChI=1S/C12H14N4O4S/c1-9-6-13-4-2-11(9)15-21(19,20)10-7-14-16(8-10)5-3-12(17)18/h2,4,6-8H,3,5H2,1H3,(H,13,15)(H,17,18). The molecule has 0 radical (unpaired) electrons. The van der Waals surface area contributed by atoms with E-state index in [9.17, 15) is 13.2 Å². The van der Waals surface area contributed by atoms with E-state index in [1.165, 1.54) is 23.3 Å². The lowest BCUT2D eigenvalue weighted by Crippen LogP contribution is -2.13. The van der Waals surface area contributed by atoms with Gasteiger partial charge in [0.15, 0.2) is 0 Å². The Morgan fingerprint density at radius 3 is 2.86 bits per heavy atom. The SMILES string of the molecule is Cc1cnccc1NS(=O)(=O)c1cnn(CCC(=O)O)c1. The number of rotatable bonds is 6. The molecule has 0 atom stereocenters. The molecule has 0 bridgehead atoms. The van der Waals surface area contributed by atoms with Crippen molar-refractivity contribution in [3.63, 3.8) is 0 Å². The lowest BCUT2D eigenvalue weighted by atomic mass is 10.3.